The largest absolute Gasteiger partial charge is 0.383 e. The zero-order valence-corrected chi connectivity index (χ0v) is 12.6. The van der Waals surface area contributed by atoms with Crippen LogP contribution in [0, 0.1) is 0 Å². The molecule has 104 valence electrons. The molecular weight excluding hydrogens is 307 g/mol. The van der Waals surface area contributed by atoms with Crippen LogP contribution in [0.1, 0.15) is 16.6 Å². The van der Waals surface area contributed by atoms with Crippen molar-refractivity contribution in [2.75, 3.05) is 13.7 Å². The molecule has 2 rings (SSSR count). The SMILES string of the molecule is COCCn1ncc(Cl)c1C(NN)c1ccc(Cl)s1. The summed E-state index contributed by atoms with van der Waals surface area (Å²) in [4.78, 5) is 0.980. The molecule has 0 aliphatic heterocycles. The van der Waals surface area contributed by atoms with Gasteiger partial charge in [-0.2, -0.15) is 5.10 Å². The van der Waals surface area contributed by atoms with Gasteiger partial charge in [0.05, 0.1) is 40.4 Å². The predicted octanol–water partition coefficient (Wildman–Crippen LogP) is 2.45. The molecule has 2 aromatic heterocycles. The molecule has 1 atom stereocenters. The van der Waals surface area contributed by atoms with Crippen molar-refractivity contribution in [1.82, 2.24) is 15.2 Å². The number of hydrazine groups is 1. The average molecular weight is 321 g/mol. The molecule has 0 radical (unpaired) electrons. The Morgan fingerprint density at radius 2 is 2.32 bits per heavy atom. The third kappa shape index (κ3) is 3.28. The summed E-state index contributed by atoms with van der Waals surface area (Å²) >= 11 is 13.6. The zero-order chi connectivity index (χ0) is 13.8. The second kappa shape index (κ2) is 6.69. The molecule has 3 N–H and O–H groups in total. The van der Waals surface area contributed by atoms with Crippen LogP contribution in [0.25, 0.3) is 0 Å². The average Bonchev–Trinajstić information content (AvgIpc) is 2.97. The summed E-state index contributed by atoms with van der Waals surface area (Å²) in [7, 11) is 1.64. The van der Waals surface area contributed by atoms with E-state index in [-0.39, 0.29) is 6.04 Å². The van der Waals surface area contributed by atoms with Crippen LogP contribution in [-0.4, -0.2) is 23.5 Å². The summed E-state index contributed by atoms with van der Waals surface area (Å²) in [5, 5.41) is 4.79. The number of thiophene rings is 1. The summed E-state index contributed by atoms with van der Waals surface area (Å²) in [5.41, 5.74) is 3.56. The molecule has 2 aromatic rings. The van der Waals surface area contributed by atoms with Gasteiger partial charge in [0, 0.05) is 12.0 Å². The van der Waals surface area contributed by atoms with E-state index in [1.807, 2.05) is 12.1 Å². The number of halogens is 2. The standard InChI is InChI=1S/C11H14Cl2N4OS/c1-18-5-4-17-11(7(12)6-15-17)10(16-14)8-2-3-9(13)19-8/h2-3,6,10,16H,4-5,14H2,1H3. The number of nitrogens with two attached hydrogens (primary N) is 1. The lowest BCUT2D eigenvalue weighted by Crippen LogP contribution is -2.30. The van der Waals surface area contributed by atoms with Crippen molar-refractivity contribution in [1.29, 1.82) is 0 Å². The van der Waals surface area contributed by atoms with E-state index < -0.39 is 0 Å². The van der Waals surface area contributed by atoms with E-state index in [0.29, 0.717) is 22.5 Å². The molecule has 0 spiro atoms. The van der Waals surface area contributed by atoms with Gasteiger partial charge in [-0.15, -0.1) is 11.3 Å². The van der Waals surface area contributed by atoms with Gasteiger partial charge in [-0.1, -0.05) is 23.2 Å². The molecule has 5 nitrogen and oxygen atoms in total. The Kier molecular flexibility index (Phi) is 5.20. The maximum atomic E-state index is 6.21. The monoisotopic (exact) mass is 320 g/mol. The summed E-state index contributed by atoms with van der Waals surface area (Å²) < 4.78 is 7.54. The molecule has 0 saturated heterocycles. The summed E-state index contributed by atoms with van der Waals surface area (Å²) in [6, 6.07) is 3.50. The van der Waals surface area contributed by atoms with Gasteiger partial charge < -0.3 is 4.74 Å². The molecule has 0 bridgehead atoms. The highest BCUT2D eigenvalue weighted by molar-refractivity contribution is 7.16. The number of aromatic nitrogens is 2. The fraction of sp³-hybridized carbons (Fsp3) is 0.364. The Morgan fingerprint density at radius 1 is 1.53 bits per heavy atom. The van der Waals surface area contributed by atoms with E-state index in [4.69, 9.17) is 33.8 Å². The first kappa shape index (κ1) is 14.8. The number of nitrogens with one attached hydrogen (secondary N) is 1. The van der Waals surface area contributed by atoms with Crippen molar-refractivity contribution in [3.8, 4) is 0 Å². The van der Waals surface area contributed by atoms with Gasteiger partial charge in [-0.05, 0) is 12.1 Å². The minimum atomic E-state index is -0.246. The molecule has 19 heavy (non-hydrogen) atoms. The van der Waals surface area contributed by atoms with Crippen molar-refractivity contribution in [2.24, 2.45) is 5.84 Å². The van der Waals surface area contributed by atoms with Crippen LogP contribution < -0.4 is 11.3 Å². The quantitative estimate of drug-likeness (QED) is 0.634. The number of ether oxygens (including phenoxy) is 1. The molecule has 0 fully saturated rings. The van der Waals surface area contributed by atoms with E-state index in [1.54, 1.807) is 18.0 Å². The van der Waals surface area contributed by atoms with Crippen molar-refractivity contribution >= 4 is 34.5 Å². The Bertz CT molecular complexity index is 543. The lowest BCUT2D eigenvalue weighted by Gasteiger charge is -2.17. The van der Waals surface area contributed by atoms with Crippen LogP contribution >= 0.6 is 34.5 Å². The van der Waals surface area contributed by atoms with Crippen LogP contribution in [0.5, 0.6) is 0 Å². The molecule has 2 heterocycles. The molecule has 8 heteroatoms. The second-order valence-electron chi connectivity index (χ2n) is 3.84. The van der Waals surface area contributed by atoms with Crippen LogP contribution in [0.15, 0.2) is 18.3 Å². The van der Waals surface area contributed by atoms with Gasteiger partial charge in [0.2, 0.25) is 0 Å². The number of methoxy groups -OCH3 is 1. The van der Waals surface area contributed by atoms with E-state index >= 15 is 0 Å². The fourth-order valence-corrected chi connectivity index (χ4v) is 3.17. The van der Waals surface area contributed by atoms with E-state index in [9.17, 15) is 0 Å². The summed E-state index contributed by atoms with van der Waals surface area (Å²) in [5.74, 6) is 5.65. The maximum Gasteiger partial charge on any atom is 0.0985 e. The third-order valence-corrected chi connectivity index (χ3v) is 4.25. The van der Waals surface area contributed by atoms with E-state index in [0.717, 1.165) is 10.6 Å². The normalized spacial score (nSPS) is 12.8. The number of hydrogen-bond acceptors (Lipinski definition) is 5. The fourth-order valence-electron chi connectivity index (χ4n) is 1.79. The van der Waals surface area contributed by atoms with Crippen molar-refractivity contribution < 1.29 is 4.74 Å². The van der Waals surface area contributed by atoms with Crippen molar-refractivity contribution in [2.45, 2.75) is 12.6 Å². The minimum Gasteiger partial charge on any atom is -0.383 e. The first-order valence-electron chi connectivity index (χ1n) is 5.59. The van der Waals surface area contributed by atoms with E-state index in [2.05, 4.69) is 10.5 Å². The topological polar surface area (TPSA) is 65.1 Å². The molecule has 0 amide bonds. The molecule has 0 aliphatic rings. The summed E-state index contributed by atoms with van der Waals surface area (Å²) in [6.07, 6.45) is 1.60. The van der Waals surface area contributed by atoms with Crippen molar-refractivity contribution in [3.05, 3.63) is 38.3 Å². The van der Waals surface area contributed by atoms with Crippen molar-refractivity contribution in [3.63, 3.8) is 0 Å². The first-order chi connectivity index (χ1) is 9.17. The van der Waals surface area contributed by atoms with Gasteiger partial charge in [0.1, 0.15) is 0 Å². The Balaban J connectivity index is 2.34. The summed E-state index contributed by atoms with van der Waals surface area (Å²) in [6.45, 7) is 1.16. The Labute approximate surface area is 125 Å². The van der Waals surface area contributed by atoms with Crippen LogP contribution in [-0.2, 0) is 11.3 Å². The van der Waals surface area contributed by atoms with Gasteiger partial charge in [0.15, 0.2) is 0 Å². The third-order valence-electron chi connectivity index (χ3n) is 2.66. The van der Waals surface area contributed by atoms with Gasteiger partial charge in [0.25, 0.3) is 0 Å². The van der Waals surface area contributed by atoms with E-state index in [1.165, 1.54) is 11.3 Å². The highest BCUT2D eigenvalue weighted by atomic mass is 35.5. The van der Waals surface area contributed by atoms with Gasteiger partial charge >= 0.3 is 0 Å². The highest BCUT2D eigenvalue weighted by Gasteiger charge is 2.22. The minimum absolute atomic E-state index is 0.246. The predicted molar refractivity (Wildman–Crippen MR) is 77.6 cm³/mol. The number of hydrogen-bond donors (Lipinski definition) is 2. The second-order valence-corrected chi connectivity index (χ2v) is 5.99. The maximum absolute atomic E-state index is 6.21. The molecule has 0 saturated carbocycles. The Hall–Kier alpha value is -0.630. The lowest BCUT2D eigenvalue weighted by atomic mass is 10.2. The molecule has 0 aliphatic carbocycles. The highest BCUT2D eigenvalue weighted by Crippen LogP contribution is 2.33. The smallest absolute Gasteiger partial charge is 0.0985 e. The molecule has 1 unspecified atom stereocenters. The van der Waals surface area contributed by atoms with Gasteiger partial charge in [-0.3, -0.25) is 10.5 Å². The van der Waals surface area contributed by atoms with Crippen LogP contribution in [0.2, 0.25) is 9.36 Å². The molecule has 0 aromatic carbocycles. The Morgan fingerprint density at radius 3 is 2.89 bits per heavy atom. The molecular formula is C11H14Cl2N4OS. The number of nitrogens with zero attached hydrogens (tertiary/aromatic N) is 2. The van der Waals surface area contributed by atoms with Gasteiger partial charge in [-0.25, -0.2) is 5.43 Å². The lowest BCUT2D eigenvalue weighted by molar-refractivity contribution is 0.182. The van der Waals surface area contributed by atoms with Crippen LogP contribution in [0.4, 0.5) is 0 Å². The number of rotatable bonds is 6. The first-order valence-corrected chi connectivity index (χ1v) is 7.16. The zero-order valence-electron chi connectivity index (χ0n) is 10.3. The van der Waals surface area contributed by atoms with Crippen LogP contribution in [0.3, 0.4) is 0 Å².